The SMILES string of the molecule is CCNC(=O)CCOCCOCCOCCOCCOCCOCCOCCOCCOCCOCCNC(=O)[C@@H]1CCCCn2cc(nn2)C[C@H](NC(=O)CC[C@H](CC(=O)c2ccc(NCc3cnc4nc(N)[nH]c(=O)c4n3)cc2)C(=O)O)C(=O)N[C@H](Cc2cnc[nH]2)C(=O)N[C@H](CO)C(=O)C[C@H](Cc2cnc[nH]2)C(=O)N[C@H]([C@H](C)O)C(=O)N[C@H](C)C(=O)N1. The van der Waals surface area contributed by atoms with Gasteiger partial charge in [-0.15, -0.1) is 5.10 Å². The average Bonchev–Trinajstić information content (AvgIpc) is 1.47. The highest BCUT2D eigenvalue weighted by Crippen LogP contribution is 2.21. The van der Waals surface area contributed by atoms with E-state index in [1.165, 1.54) is 68.1 Å². The summed E-state index contributed by atoms with van der Waals surface area (Å²) in [6.45, 7) is 11.1. The van der Waals surface area contributed by atoms with Gasteiger partial charge in [0.15, 0.2) is 22.7 Å². The van der Waals surface area contributed by atoms with Gasteiger partial charge in [0.05, 0.1) is 193 Å². The maximum atomic E-state index is 14.8. The number of fused-ring (bicyclic) bond motifs is 3. The van der Waals surface area contributed by atoms with Crippen LogP contribution in [-0.4, -0.2) is 329 Å². The van der Waals surface area contributed by atoms with Crippen molar-refractivity contribution in [1.29, 1.82) is 0 Å². The monoisotopic (exact) mass is 1760 g/mol. The second-order valence-corrected chi connectivity index (χ2v) is 28.8. The van der Waals surface area contributed by atoms with E-state index in [4.69, 9.17) is 53.1 Å². The van der Waals surface area contributed by atoms with Gasteiger partial charge in [0.1, 0.15) is 36.3 Å². The van der Waals surface area contributed by atoms with Crippen LogP contribution in [-0.2, 0) is 128 Å². The summed E-state index contributed by atoms with van der Waals surface area (Å²) in [6.07, 6.45) is 4.45. The molecule has 17 N–H and O–H groups in total. The fraction of sp³-hybridized carbons (Fsp3) is 0.608. The largest absolute Gasteiger partial charge is 0.481 e. The molecule has 2 bridgehead atoms. The number of H-pyrrole nitrogens is 3. The van der Waals surface area contributed by atoms with Gasteiger partial charge in [0, 0.05) is 106 Å². The third-order valence-electron chi connectivity index (χ3n) is 19.0. The Labute approximate surface area is 719 Å². The van der Waals surface area contributed by atoms with E-state index in [1.807, 2.05) is 6.92 Å². The number of ether oxygens (including phenoxy) is 10. The summed E-state index contributed by atoms with van der Waals surface area (Å²) in [5.74, 6) is -12.1. The molecular formula is C79H117N21O25. The number of imidazole rings is 2. The molecule has 46 nitrogen and oxygen atoms in total. The number of carbonyl (C=O) groups excluding carboxylic acids is 10. The topological polar surface area (TPSA) is 635 Å². The molecule has 0 unspecified atom stereocenters. The first-order chi connectivity index (χ1) is 60.5. The molecular weight excluding hydrogens is 1640 g/mol. The quantitative estimate of drug-likeness (QED) is 0.0131. The summed E-state index contributed by atoms with van der Waals surface area (Å²) >= 11 is 0. The Kier molecular flexibility index (Phi) is 46.2. The van der Waals surface area contributed by atoms with Crippen LogP contribution in [0.4, 0.5) is 11.6 Å². The molecule has 688 valence electrons. The number of ketones is 2. The van der Waals surface area contributed by atoms with Crippen LogP contribution in [0.5, 0.6) is 0 Å². The molecule has 8 amide bonds. The fourth-order valence-corrected chi connectivity index (χ4v) is 12.2. The third-order valence-corrected chi connectivity index (χ3v) is 19.0. The van der Waals surface area contributed by atoms with Crippen LogP contribution >= 0.6 is 0 Å². The van der Waals surface area contributed by atoms with Crippen LogP contribution in [0.25, 0.3) is 11.2 Å². The number of rotatable bonds is 52. The van der Waals surface area contributed by atoms with Crippen LogP contribution in [0, 0.1) is 11.8 Å². The zero-order chi connectivity index (χ0) is 89.9. The number of carbonyl (C=O) groups is 11. The minimum absolute atomic E-state index is 0.00595. The first kappa shape index (κ1) is 101. The molecule has 7 rings (SSSR count). The number of nitrogen functional groups attached to an aromatic ring is 1. The number of anilines is 2. The highest BCUT2D eigenvalue weighted by Gasteiger charge is 2.37. The van der Waals surface area contributed by atoms with E-state index in [0.717, 1.165) is 0 Å². The molecule has 1 aliphatic heterocycles. The minimum Gasteiger partial charge on any atom is -0.481 e. The van der Waals surface area contributed by atoms with Crippen LogP contribution in [0.3, 0.4) is 0 Å². The van der Waals surface area contributed by atoms with Gasteiger partial charge in [-0.25, -0.2) is 19.9 Å². The van der Waals surface area contributed by atoms with E-state index in [9.17, 15) is 72.9 Å². The lowest BCUT2D eigenvalue weighted by Crippen LogP contribution is -2.59. The molecule has 0 aliphatic carbocycles. The molecule has 1 aromatic carbocycles. The van der Waals surface area contributed by atoms with Gasteiger partial charge in [-0.2, -0.15) is 4.98 Å². The Morgan fingerprint density at radius 1 is 0.624 bits per heavy atom. The van der Waals surface area contributed by atoms with Gasteiger partial charge < -0.3 is 126 Å². The van der Waals surface area contributed by atoms with Crippen molar-refractivity contribution in [1.82, 2.24) is 97.4 Å². The zero-order valence-corrected chi connectivity index (χ0v) is 70.4. The Morgan fingerprint density at radius 3 is 1.76 bits per heavy atom. The number of aliphatic hydroxyl groups is 2. The predicted molar refractivity (Wildman–Crippen MR) is 441 cm³/mol. The number of hydrogen-bond donors (Lipinski definition) is 16. The van der Waals surface area contributed by atoms with Crippen LogP contribution in [0.1, 0.15) is 105 Å². The van der Waals surface area contributed by atoms with E-state index in [0.29, 0.717) is 148 Å². The average molecular weight is 1760 g/mol. The maximum Gasteiger partial charge on any atom is 0.306 e. The van der Waals surface area contributed by atoms with Crippen molar-refractivity contribution in [3.05, 3.63) is 100 Å². The number of amides is 8. The Balaban J connectivity index is 0.900. The van der Waals surface area contributed by atoms with Crippen molar-refractivity contribution < 1.29 is 115 Å². The lowest BCUT2D eigenvalue weighted by atomic mass is 9.92. The van der Waals surface area contributed by atoms with Crippen LogP contribution in [0.15, 0.2) is 66.5 Å². The van der Waals surface area contributed by atoms with E-state index < -0.39 is 145 Å². The second-order valence-electron chi connectivity index (χ2n) is 28.8. The molecule has 0 saturated heterocycles. The normalized spacial score (nSPS) is 18.5. The van der Waals surface area contributed by atoms with Crippen LogP contribution in [0.2, 0.25) is 0 Å². The molecule has 1 aliphatic rings. The molecule has 5 aromatic heterocycles. The molecule has 125 heavy (non-hydrogen) atoms. The lowest BCUT2D eigenvalue weighted by Gasteiger charge is -2.27. The number of hydrogen-bond acceptors (Lipinski definition) is 33. The number of aromatic amines is 3. The summed E-state index contributed by atoms with van der Waals surface area (Å²) in [5.41, 5.74) is 6.93. The van der Waals surface area contributed by atoms with Crippen molar-refractivity contribution in [3.63, 3.8) is 0 Å². The van der Waals surface area contributed by atoms with Gasteiger partial charge in [0.2, 0.25) is 53.2 Å². The number of benzene rings is 1. The smallest absolute Gasteiger partial charge is 0.306 e. The predicted octanol–water partition coefficient (Wildman–Crippen LogP) is -3.40. The van der Waals surface area contributed by atoms with Gasteiger partial charge >= 0.3 is 5.97 Å². The molecule has 0 fully saturated rings. The fourth-order valence-electron chi connectivity index (χ4n) is 12.2. The Morgan fingerprint density at radius 2 is 1.20 bits per heavy atom. The van der Waals surface area contributed by atoms with Crippen molar-refractivity contribution in [2.45, 2.75) is 147 Å². The van der Waals surface area contributed by atoms with Crippen molar-refractivity contribution in [2.75, 3.05) is 163 Å². The second kappa shape index (κ2) is 57.3. The number of Topliss-reactive ketones (excluding diaryl/α,β-unsaturated/α-hetero) is 2. The summed E-state index contributed by atoms with van der Waals surface area (Å²) in [7, 11) is 0. The number of aromatic nitrogens is 11. The first-order valence-electron chi connectivity index (χ1n) is 41.4. The number of nitrogens with one attached hydrogen (secondary N) is 12. The number of nitrogens with zero attached hydrogens (tertiary/aromatic N) is 8. The number of carboxylic acids is 1. The van der Waals surface area contributed by atoms with Gasteiger partial charge in [-0.3, -0.25) is 67.2 Å². The van der Waals surface area contributed by atoms with Gasteiger partial charge in [-0.1, -0.05) is 5.21 Å². The molecule has 0 saturated carbocycles. The van der Waals surface area contributed by atoms with Gasteiger partial charge in [-0.05, 0) is 70.7 Å². The molecule has 46 heteroatoms. The Bertz CT molecular complexity index is 4330. The van der Waals surface area contributed by atoms with Crippen molar-refractivity contribution in [2.24, 2.45) is 11.8 Å². The van der Waals surface area contributed by atoms with E-state index >= 15 is 0 Å². The van der Waals surface area contributed by atoms with Crippen molar-refractivity contribution in [3.8, 4) is 0 Å². The summed E-state index contributed by atoms with van der Waals surface area (Å²) < 4.78 is 56.7. The molecule has 6 heterocycles. The first-order valence-corrected chi connectivity index (χ1v) is 41.4. The van der Waals surface area contributed by atoms with Gasteiger partial charge in [0.25, 0.3) is 5.56 Å². The van der Waals surface area contributed by atoms with E-state index in [1.54, 1.807) is 12.1 Å². The standard InChI is InChI=1S/C79H117N21O25/c1-4-83-66(105)14-17-116-19-21-118-23-25-120-27-29-122-31-33-124-35-36-125-34-32-123-30-28-121-26-24-119-22-20-117-18-15-84-73(109)60-7-5-6-16-100-46-58(98-99-100)41-61(91-67(106)13-10-53(78(114)115)38-64(103)52-8-11-55(12-9-52)85-44-59-45-86-70-69(90-59)77(113)97-79(80)96-70)74(110)93-62(40-57-43-82-49-88-57)75(111)94-63(47-101)65(104)39-54(37-56-42-81-48-87-56)72(108)95-68(51(3)102)76(112)89-50(2)71(107)92-60/h8-9,11-12,42-43,45-46,48-51,53-54,60-63,68,85,101-102H,4-7,10,13-41,44,47H2,1-3H3,(H,81,87)(H,82,88)(H,83,105)(H,84,109)(H,89,112)(H,91,106)(H,92,107)(H,93,110)(H,94,111)(H,95,108)(H,114,115)(H3,80,86,96,97,113)/t50-,51+,53-,54+,60+,61+,62-,63-,68-/m1/s1. The highest BCUT2D eigenvalue weighted by molar-refractivity contribution is 5.99. The summed E-state index contributed by atoms with van der Waals surface area (Å²) in [4.78, 5) is 193. The molecule has 0 spiro atoms. The highest BCUT2D eigenvalue weighted by atomic mass is 16.6. The maximum absolute atomic E-state index is 14.8. The molecule has 6 aromatic rings. The zero-order valence-electron chi connectivity index (χ0n) is 70.4. The van der Waals surface area contributed by atoms with E-state index in [2.05, 4.69) is 98.0 Å². The number of aryl methyl sites for hydroxylation is 1. The van der Waals surface area contributed by atoms with E-state index in [-0.39, 0.29) is 119 Å². The molecule has 9 atom stereocenters. The summed E-state index contributed by atoms with van der Waals surface area (Å²) in [6, 6.07) is -3.14. The molecule has 0 radical (unpaired) electrons. The minimum atomic E-state index is -1.74. The van der Waals surface area contributed by atoms with Crippen LogP contribution < -0.4 is 59.1 Å². The van der Waals surface area contributed by atoms with Crippen molar-refractivity contribution >= 4 is 87.6 Å². The number of nitrogens with two attached hydrogens (primary N) is 1. The Hall–Kier alpha value is -11.3. The third kappa shape index (κ3) is 38.8. The lowest BCUT2D eigenvalue weighted by molar-refractivity contribution is -0.142. The summed E-state index contributed by atoms with van der Waals surface area (Å²) in [5, 5.41) is 64.4. The number of aliphatic hydroxyl groups excluding tert-OH is 2. The number of carboxylic acid groups (broad SMARTS) is 1. The number of aliphatic carboxylic acids is 1.